The van der Waals surface area contributed by atoms with E-state index in [1.54, 1.807) is 12.4 Å². The zero-order valence-electron chi connectivity index (χ0n) is 23.1. The van der Waals surface area contributed by atoms with Crippen molar-refractivity contribution < 1.29 is 4.42 Å². The molecule has 6 aromatic carbocycles. The molecule has 0 unspecified atom stereocenters. The quantitative estimate of drug-likeness (QED) is 0.213. The summed E-state index contributed by atoms with van der Waals surface area (Å²) in [5, 5.41) is 13.7. The van der Waals surface area contributed by atoms with Crippen molar-refractivity contribution in [1.29, 1.82) is 0 Å². The number of nitrogens with zero attached hydrogens (tertiary/aromatic N) is 4. The van der Waals surface area contributed by atoms with Crippen LogP contribution in [0, 0.1) is 0 Å². The average molecular weight is 553 g/mol. The van der Waals surface area contributed by atoms with E-state index in [1.165, 1.54) is 27.9 Å². The number of aromatic nitrogens is 4. The van der Waals surface area contributed by atoms with Crippen LogP contribution in [0.15, 0.2) is 151 Å². The fourth-order valence-corrected chi connectivity index (χ4v) is 5.73. The molecule has 0 bridgehead atoms. The van der Waals surface area contributed by atoms with Gasteiger partial charge in [0.05, 0.1) is 0 Å². The zero-order valence-corrected chi connectivity index (χ0v) is 23.1. The van der Waals surface area contributed by atoms with Crippen molar-refractivity contribution in [2.24, 2.45) is 0 Å². The van der Waals surface area contributed by atoms with Crippen LogP contribution in [-0.2, 0) is 0 Å². The van der Waals surface area contributed by atoms with Crippen molar-refractivity contribution >= 4 is 21.5 Å². The van der Waals surface area contributed by atoms with Gasteiger partial charge in [0.15, 0.2) is 0 Å². The summed E-state index contributed by atoms with van der Waals surface area (Å²) in [5.74, 6) is 0.937. The van der Waals surface area contributed by atoms with Crippen molar-refractivity contribution in [2.45, 2.75) is 0 Å². The van der Waals surface area contributed by atoms with Gasteiger partial charge in [0.2, 0.25) is 11.8 Å². The molecule has 202 valence electrons. The molecule has 0 amide bonds. The number of benzene rings is 6. The van der Waals surface area contributed by atoms with Crippen molar-refractivity contribution in [3.05, 3.63) is 146 Å². The number of hydrogen-bond donors (Lipinski definition) is 0. The monoisotopic (exact) mass is 552 g/mol. The van der Waals surface area contributed by atoms with Gasteiger partial charge < -0.3 is 4.42 Å². The first kappa shape index (κ1) is 24.8. The largest absolute Gasteiger partial charge is 0.416 e. The van der Waals surface area contributed by atoms with E-state index in [-0.39, 0.29) is 0 Å². The van der Waals surface area contributed by atoms with Crippen LogP contribution >= 0.6 is 0 Å². The van der Waals surface area contributed by atoms with E-state index in [1.807, 2.05) is 24.3 Å². The van der Waals surface area contributed by atoms with Crippen LogP contribution in [0.3, 0.4) is 0 Å². The highest BCUT2D eigenvalue weighted by atomic mass is 16.4. The first-order valence-electron chi connectivity index (χ1n) is 14.1. The molecular weight excluding hydrogens is 528 g/mol. The van der Waals surface area contributed by atoms with Gasteiger partial charge in [-0.25, -0.2) is 9.97 Å². The zero-order chi connectivity index (χ0) is 28.6. The van der Waals surface area contributed by atoms with Crippen LogP contribution in [0.1, 0.15) is 0 Å². The van der Waals surface area contributed by atoms with Gasteiger partial charge in [-0.1, -0.05) is 97.1 Å². The number of rotatable bonds is 5. The van der Waals surface area contributed by atoms with Gasteiger partial charge in [-0.3, -0.25) is 0 Å². The Hall–Kier alpha value is -5.94. The highest BCUT2D eigenvalue weighted by Crippen LogP contribution is 2.38. The van der Waals surface area contributed by atoms with E-state index in [0.29, 0.717) is 11.8 Å². The molecule has 0 atom stereocenters. The lowest BCUT2D eigenvalue weighted by Crippen LogP contribution is -1.88. The molecule has 5 heteroatoms. The van der Waals surface area contributed by atoms with Crippen LogP contribution in [0.2, 0.25) is 0 Å². The maximum absolute atomic E-state index is 6.31. The summed E-state index contributed by atoms with van der Waals surface area (Å²) in [7, 11) is 0. The Morgan fingerprint density at radius 3 is 1.49 bits per heavy atom. The predicted octanol–water partition coefficient (Wildman–Crippen LogP) is 9.50. The third-order valence-electron chi connectivity index (χ3n) is 7.83. The number of hydrogen-bond acceptors (Lipinski definition) is 5. The Morgan fingerprint density at radius 1 is 0.395 bits per heavy atom. The molecule has 2 heterocycles. The summed E-state index contributed by atoms with van der Waals surface area (Å²) in [4.78, 5) is 8.24. The van der Waals surface area contributed by atoms with Crippen LogP contribution in [0.5, 0.6) is 0 Å². The van der Waals surface area contributed by atoms with Gasteiger partial charge in [0.1, 0.15) is 6.33 Å². The molecule has 0 saturated carbocycles. The first-order valence-corrected chi connectivity index (χ1v) is 14.1. The normalized spacial score (nSPS) is 11.3. The van der Waals surface area contributed by atoms with Crippen molar-refractivity contribution in [3.8, 4) is 56.3 Å². The molecule has 0 aliphatic heterocycles. The summed E-state index contributed by atoms with van der Waals surface area (Å²) in [6.07, 6.45) is 5.12. The second-order valence-corrected chi connectivity index (χ2v) is 10.5. The van der Waals surface area contributed by atoms with Crippen LogP contribution in [0.25, 0.3) is 77.8 Å². The highest BCUT2D eigenvalue weighted by Gasteiger charge is 2.16. The molecule has 8 aromatic rings. The summed E-state index contributed by atoms with van der Waals surface area (Å²) >= 11 is 0. The summed E-state index contributed by atoms with van der Waals surface area (Å²) < 4.78 is 6.31. The molecular formula is C38H24N4O. The van der Waals surface area contributed by atoms with Crippen molar-refractivity contribution in [1.82, 2.24) is 20.2 Å². The van der Waals surface area contributed by atoms with Gasteiger partial charge >= 0.3 is 0 Å². The predicted molar refractivity (Wildman–Crippen MR) is 172 cm³/mol. The standard InChI is InChI=1S/C38H24N4O/c1-3-11-33-26(7-1)9-5-13-35(33)29-19-30(36-14-6-10-27-8-2-4-12-34(27)36)21-31(20-29)38-42-41-37(43-38)28-17-15-25(16-18-28)32-22-39-24-40-23-32/h1-24H. The van der Waals surface area contributed by atoms with Crippen molar-refractivity contribution in [2.75, 3.05) is 0 Å². The van der Waals surface area contributed by atoms with E-state index >= 15 is 0 Å². The molecule has 0 spiro atoms. The Morgan fingerprint density at radius 2 is 0.884 bits per heavy atom. The average Bonchev–Trinajstić information content (AvgIpc) is 3.59. The summed E-state index contributed by atoms with van der Waals surface area (Å²) in [6, 6.07) is 44.3. The SMILES string of the molecule is c1ccc2c(-c3cc(-c4nnc(-c5ccc(-c6cncnc6)cc5)o4)cc(-c4cccc5ccccc45)c3)cccc2c1. The van der Waals surface area contributed by atoms with E-state index in [9.17, 15) is 0 Å². The summed E-state index contributed by atoms with van der Waals surface area (Å²) in [5.41, 5.74) is 8.17. The minimum absolute atomic E-state index is 0.466. The molecule has 43 heavy (non-hydrogen) atoms. The minimum atomic E-state index is 0.466. The molecule has 0 aliphatic carbocycles. The lowest BCUT2D eigenvalue weighted by atomic mass is 9.91. The molecule has 0 aliphatic rings. The molecule has 0 saturated heterocycles. The van der Waals surface area contributed by atoms with Crippen LogP contribution in [-0.4, -0.2) is 20.2 Å². The third kappa shape index (κ3) is 4.63. The van der Waals surface area contributed by atoms with E-state index in [4.69, 9.17) is 4.42 Å². The Balaban J connectivity index is 1.26. The van der Waals surface area contributed by atoms with Crippen LogP contribution in [0.4, 0.5) is 0 Å². The van der Waals surface area contributed by atoms with E-state index in [2.05, 4.69) is 123 Å². The third-order valence-corrected chi connectivity index (χ3v) is 7.83. The van der Waals surface area contributed by atoms with Crippen molar-refractivity contribution in [3.63, 3.8) is 0 Å². The van der Waals surface area contributed by atoms with Gasteiger partial charge in [-0.15, -0.1) is 10.2 Å². The molecule has 0 radical (unpaired) electrons. The topological polar surface area (TPSA) is 64.7 Å². The minimum Gasteiger partial charge on any atom is -0.416 e. The lowest BCUT2D eigenvalue weighted by molar-refractivity contribution is 0.584. The Kier molecular flexibility index (Phi) is 6.05. The lowest BCUT2D eigenvalue weighted by Gasteiger charge is -2.13. The van der Waals surface area contributed by atoms with Gasteiger partial charge in [0, 0.05) is 29.1 Å². The van der Waals surface area contributed by atoms with E-state index < -0.39 is 0 Å². The molecule has 0 fully saturated rings. The highest BCUT2D eigenvalue weighted by molar-refractivity contribution is 6.01. The molecule has 8 rings (SSSR count). The Labute approximate surface area is 248 Å². The first-order chi connectivity index (χ1) is 21.3. The maximum atomic E-state index is 6.31. The van der Waals surface area contributed by atoms with Gasteiger partial charge in [-0.05, 0) is 79.7 Å². The Bertz CT molecular complexity index is 2130. The fourth-order valence-electron chi connectivity index (χ4n) is 5.73. The van der Waals surface area contributed by atoms with Gasteiger partial charge in [0.25, 0.3) is 0 Å². The number of fused-ring (bicyclic) bond motifs is 2. The van der Waals surface area contributed by atoms with Crippen LogP contribution < -0.4 is 0 Å². The second-order valence-electron chi connectivity index (χ2n) is 10.5. The van der Waals surface area contributed by atoms with E-state index in [0.717, 1.165) is 44.5 Å². The molecule has 5 nitrogen and oxygen atoms in total. The maximum Gasteiger partial charge on any atom is 0.248 e. The molecule has 2 aromatic heterocycles. The second kappa shape index (κ2) is 10.5. The fraction of sp³-hybridized carbons (Fsp3) is 0. The summed E-state index contributed by atoms with van der Waals surface area (Å²) in [6.45, 7) is 0. The smallest absolute Gasteiger partial charge is 0.248 e. The molecule has 0 N–H and O–H groups in total. The van der Waals surface area contributed by atoms with Gasteiger partial charge in [-0.2, -0.15) is 0 Å².